The maximum absolute atomic E-state index is 13.2. The second kappa shape index (κ2) is 11.2. The molecule has 7 heteroatoms. The Kier molecular flexibility index (Phi) is 8.65. The number of carbonyl (C=O) groups excluding carboxylic acids is 2. The Morgan fingerprint density at radius 2 is 1.74 bits per heavy atom. The third-order valence-electron chi connectivity index (χ3n) is 5.77. The van der Waals surface area contributed by atoms with E-state index in [1.165, 1.54) is 0 Å². The summed E-state index contributed by atoms with van der Waals surface area (Å²) in [6.07, 6.45) is 5.00. The molecule has 1 aliphatic carbocycles. The van der Waals surface area contributed by atoms with E-state index in [1.54, 1.807) is 24.0 Å². The summed E-state index contributed by atoms with van der Waals surface area (Å²) in [7, 11) is 0. The highest BCUT2D eigenvalue weighted by atomic mass is 35.5. The fraction of sp³-hybridized carbons (Fsp3) is 0.417. The topological polar surface area (TPSA) is 49.4 Å². The third-order valence-corrected chi connectivity index (χ3v) is 6.88. The minimum atomic E-state index is -0.603. The zero-order chi connectivity index (χ0) is 22.4. The summed E-state index contributed by atoms with van der Waals surface area (Å²) in [6.45, 7) is 2.05. The van der Waals surface area contributed by atoms with Crippen molar-refractivity contribution in [3.63, 3.8) is 0 Å². The van der Waals surface area contributed by atoms with Crippen molar-refractivity contribution in [1.82, 2.24) is 10.2 Å². The molecule has 0 saturated heterocycles. The standard InChI is InChI=1S/C24H27Cl3N2O2/c1-16(24(31)28-19-7-3-4-8-19)29(15-17-10-12-21(26)22(27)14-17)23(30)13-11-18-6-2-5-9-20(18)25/h2,5-6,9-10,12,14,16,19H,3-4,7-8,11,13,15H2,1H3,(H,28,31)/t16-/m0/s1. The van der Waals surface area contributed by atoms with Crippen LogP contribution in [0, 0.1) is 0 Å². The molecule has 4 nitrogen and oxygen atoms in total. The Morgan fingerprint density at radius 1 is 1.03 bits per heavy atom. The molecule has 3 rings (SSSR count). The predicted molar refractivity (Wildman–Crippen MR) is 127 cm³/mol. The van der Waals surface area contributed by atoms with E-state index in [2.05, 4.69) is 5.32 Å². The smallest absolute Gasteiger partial charge is 0.242 e. The van der Waals surface area contributed by atoms with Crippen LogP contribution in [-0.2, 0) is 22.6 Å². The van der Waals surface area contributed by atoms with E-state index in [4.69, 9.17) is 34.8 Å². The van der Waals surface area contributed by atoms with Crippen LogP contribution < -0.4 is 5.32 Å². The van der Waals surface area contributed by atoms with Crippen LogP contribution in [0.5, 0.6) is 0 Å². The van der Waals surface area contributed by atoms with Gasteiger partial charge >= 0.3 is 0 Å². The fourth-order valence-corrected chi connectivity index (χ4v) is 4.45. The highest BCUT2D eigenvalue weighted by Crippen LogP contribution is 2.25. The zero-order valence-electron chi connectivity index (χ0n) is 17.5. The molecule has 2 amide bonds. The molecule has 166 valence electrons. The van der Waals surface area contributed by atoms with Crippen LogP contribution in [0.25, 0.3) is 0 Å². The van der Waals surface area contributed by atoms with Crippen molar-refractivity contribution < 1.29 is 9.59 Å². The Labute approximate surface area is 198 Å². The highest BCUT2D eigenvalue weighted by molar-refractivity contribution is 6.42. The van der Waals surface area contributed by atoms with Crippen molar-refractivity contribution in [3.05, 3.63) is 68.7 Å². The second-order valence-corrected chi connectivity index (χ2v) is 9.25. The number of benzene rings is 2. The Bertz CT molecular complexity index is 929. The lowest BCUT2D eigenvalue weighted by atomic mass is 10.1. The van der Waals surface area contributed by atoms with Crippen molar-refractivity contribution >= 4 is 46.6 Å². The number of hydrogen-bond acceptors (Lipinski definition) is 2. The van der Waals surface area contributed by atoms with Crippen molar-refractivity contribution in [2.45, 2.75) is 64.1 Å². The fourth-order valence-electron chi connectivity index (χ4n) is 3.90. The summed E-state index contributed by atoms with van der Waals surface area (Å²) in [4.78, 5) is 27.7. The molecule has 1 fully saturated rings. The summed E-state index contributed by atoms with van der Waals surface area (Å²) in [5.41, 5.74) is 1.73. The molecule has 1 saturated carbocycles. The zero-order valence-corrected chi connectivity index (χ0v) is 19.8. The van der Waals surface area contributed by atoms with E-state index in [1.807, 2.05) is 30.3 Å². The van der Waals surface area contributed by atoms with Gasteiger partial charge in [-0.3, -0.25) is 9.59 Å². The molecule has 0 bridgehead atoms. The molecule has 1 N–H and O–H groups in total. The Morgan fingerprint density at radius 3 is 2.42 bits per heavy atom. The average Bonchev–Trinajstić information content (AvgIpc) is 3.26. The van der Waals surface area contributed by atoms with Gasteiger partial charge in [0.15, 0.2) is 0 Å². The highest BCUT2D eigenvalue weighted by Gasteiger charge is 2.28. The van der Waals surface area contributed by atoms with Gasteiger partial charge < -0.3 is 10.2 Å². The van der Waals surface area contributed by atoms with Crippen LogP contribution >= 0.6 is 34.8 Å². The minimum Gasteiger partial charge on any atom is -0.352 e. The van der Waals surface area contributed by atoms with Gasteiger partial charge in [-0.05, 0) is 55.5 Å². The van der Waals surface area contributed by atoms with Crippen molar-refractivity contribution in [2.24, 2.45) is 0 Å². The first-order valence-electron chi connectivity index (χ1n) is 10.6. The lowest BCUT2D eigenvalue weighted by molar-refractivity contribution is -0.140. The number of nitrogens with zero attached hydrogens (tertiary/aromatic N) is 1. The first-order chi connectivity index (χ1) is 14.8. The molecule has 0 radical (unpaired) electrons. The molecular weight excluding hydrogens is 455 g/mol. The van der Waals surface area contributed by atoms with Gasteiger partial charge in [-0.2, -0.15) is 0 Å². The molecule has 2 aromatic carbocycles. The molecule has 2 aromatic rings. The first kappa shape index (κ1) is 23.9. The molecule has 31 heavy (non-hydrogen) atoms. The molecule has 0 heterocycles. The minimum absolute atomic E-state index is 0.111. The number of halogens is 3. The van der Waals surface area contributed by atoms with Crippen molar-refractivity contribution in [3.8, 4) is 0 Å². The summed E-state index contributed by atoms with van der Waals surface area (Å²) in [5, 5.41) is 4.61. The third kappa shape index (κ3) is 6.61. The summed E-state index contributed by atoms with van der Waals surface area (Å²) in [6, 6.07) is 12.3. The van der Waals surface area contributed by atoms with Gasteiger partial charge in [0.25, 0.3) is 0 Å². The molecular formula is C24H27Cl3N2O2. The van der Waals surface area contributed by atoms with Crippen molar-refractivity contribution in [2.75, 3.05) is 0 Å². The van der Waals surface area contributed by atoms with Crippen LogP contribution in [0.1, 0.15) is 50.2 Å². The summed E-state index contributed by atoms with van der Waals surface area (Å²) < 4.78 is 0. The molecule has 1 atom stereocenters. The first-order valence-corrected chi connectivity index (χ1v) is 11.8. The SMILES string of the molecule is C[C@@H](C(=O)NC1CCCC1)N(Cc1ccc(Cl)c(Cl)c1)C(=O)CCc1ccccc1Cl. The molecule has 0 aliphatic heterocycles. The van der Waals surface area contributed by atoms with E-state index in [0.29, 0.717) is 21.5 Å². The Balaban J connectivity index is 1.74. The van der Waals surface area contributed by atoms with Crippen molar-refractivity contribution in [1.29, 1.82) is 0 Å². The molecule has 1 aliphatic rings. The average molecular weight is 482 g/mol. The monoisotopic (exact) mass is 480 g/mol. The summed E-state index contributed by atoms with van der Waals surface area (Å²) in [5.74, 6) is -0.238. The normalized spacial score (nSPS) is 15.0. The number of rotatable bonds is 8. The lowest BCUT2D eigenvalue weighted by Crippen LogP contribution is -2.49. The largest absolute Gasteiger partial charge is 0.352 e. The predicted octanol–water partition coefficient (Wildman–Crippen LogP) is 6.06. The van der Waals surface area contributed by atoms with Gasteiger partial charge in [0, 0.05) is 24.0 Å². The number of carbonyl (C=O) groups is 2. The number of nitrogens with one attached hydrogen (secondary N) is 1. The van der Waals surface area contributed by atoms with E-state index >= 15 is 0 Å². The van der Waals surface area contributed by atoms with E-state index in [9.17, 15) is 9.59 Å². The van der Waals surface area contributed by atoms with Crippen LogP contribution in [0.2, 0.25) is 15.1 Å². The Hall–Kier alpha value is -1.75. The number of hydrogen-bond donors (Lipinski definition) is 1. The number of aryl methyl sites for hydroxylation is 1. The maximum Gasteiger partial charge on any atom is 0.242 e. The molecule has 0 aromatic heterocycles. The molecule has 0 spiro atoms. The van der Waals surface area contributed by atoms with E-state index < -0.39 is 6.04 Å². The van der Waals surface area contributed by atoms with Crippen LogP contribution in [0.4, 0.5) is 0 Å². The quantitative estimate of drug-likeness (QED) is 0.498. The van der Waals surface area contributed by atoms with Crippen LogP contribution in [-0.4, -0.2) is 28.8 Å². The maximum atomic E-state index is 13.2. The summed E-state index contributed by atoms with van der Waals surface area (Å²) >= 11 is 18.4. The van der Waals surface area contributed by atoms with Gasteiger partial charge in [-0.1, -0.05) is 71.9 Å². The number of amides is 2. The van der Waals surface area contributed by atoms with Gasteiger partial charge in [-0.15, -0.1) is 0 Å². The van der Waals surface area contributed by atoms with Gasteiger partial charge in [0.05, 0.1) is 10.0 Å². The van der Waals surface area contributed by atoms with Crippen LogP contribution in [0.15, 0.2) is 42.5 Å². The van der Waals surface area contributed by atoms with E-state index in [0.717, 1.165) is 36.8 Å². The van der Waals surface area contributed by atoms with E-state index in [-0.39, 0.29) is 30.8 Å². The molecule has 0 unspecified atom stereocenters. The second-order valence-electron chi connectivity index (χ2n) is 8.03. The van der Waals surface area contributed by atoms with Gasteiger partial charge in [-0.25, -0.2) is 0 Å². The van der Waals surface area contributed by atoms with Gasteiger partial charge in [0.2, 0.25) is 11.8 Å². The van der Waals surface area contributed by atoms with Gasteiger partial charge in [0.1, 0.15) is 6.04 Å². The lowest BCUT2D eigenvalue weighted by Gasteiger charge is -2.30. The van der Waals surface area contributed by atoms with Crippen LogP contribution in [0.3, 0.4) is 0 Å².